The Morgan fingerprint density at radius 3 is 2.67 bits per heavy atom. The van der Waals surface area contributed by atoms with Crippen LogP contribution in [0.15, 0.2) is 5.16 Å². The van der Waals surface area contributed by atoms with E-state index in [-0.39, 0.29) is 11.6 Å². The minimum atomic E-state index is -3.14. The van der Waals surface area contributed by atoms with Crippen molar-refractivity contribution in [2.75, 3.05) is 12.3 Å². The van der Waals surface area contributed by atoms with Gasteiger partial charge in [0.1, 0.15) is 5.84 Å². The number of unbranched alkanes of at least 4 members (excludes halogenated alkanes) is 1. The van der Waals surface area contributed by atoms with Crippen molar-refractivity contribution >= 4 is 15.9 Å². The van der Waals surface area contributed by atoms with Crippen molar-refractivity contribution in [1.82, 2.24) is 4.72 Å². The minimum absolute atomic E-state index is 0.114. The number of sulfonamides is 1. The number of nitrogens with one attached hydrogen (secondary N) is 1. The van der Waals surface area contributed by atoms with Gasteiger partial charge in [-0.25, -0.2) is 13.1 Å². The van der Waals surface area contributed by atoms with Crippen LogP contribution in [-0.4, -0.2) is 31.8 Å². The van der Waals surface area contributed by atoms with Crippen LogP contribution in [0.25, 0.3) is 0 Å². The molecular weight excluding hydrogens is 218 g/mol. The van der Waals surface area contributed by atoms with Gasteiger partial charge < -0.3 is 10.9 Å². The van der Waals surface area contributed by atoms with E-state index in [4.69, 9.17) is 10.9 Å². The first-order valence-electron chi connectivity index (χ1n) is 4.95. The summed E-state index contributed by atoms with van der Waals surface area (Å²) in [5.41, 5.74) is 5.23. The van der Waals surface area contributed by atoms with Crippen LogP contribution in [0.1, 0.15) is 32.6 Å². The smallest absolute Gasteiger partial charge is 0.211 e. The first-order chi connectivity index (χ1) is 7.02. The quantitative estimate of drug-likeness (QED) is 0.185. The third kappa shape index (κ3) is 8.19. The van der Waals surface area contributed by atoms with Gasteiger partial charge in [0.2, 0.25) is 10.0 Å². The molecule has 7 heteroatoms. The number of hydrogen-bond donors (Lipinski definition) is 3. The van der Waals surface area contributed by atoms with Crippen LogP contribution in [0.4, 0.5) is 0 Å². The van der Waals surface area contributed by atoms with E-state index >= 15 is 0 Å². The Morgan fingerprint density at radius 1 is 1.47 bits per heavy atom. The van der Waals surface area contributed by atoms with Gasteiger partial charge in [0.25, 0.3) is 0 Å². The summed E-state index contributed by atoms with van der Waals surface area (Å²) in [5.74, 6) is 0.273. The maximum atomic E-state index is 11.3. The summed E-state index contributed by atoms with van der Waals surface area (Å²) >= 11 is 0. The molecule has 0 aliphatic rings. The summed E-state index contributed by atoms with van der Waals surface area (Å²) in [4.78, 5) is 0. The monoisotopic (exact) mass is 237 g/mol. The SMILES string of the molecule is CCCCS(=O)(=O)NCCCC(N)=NO. The Hall–Kier alpha value is -0.820. The van der Waals surface area contributed by atoms with Crippen LogP contribution in [-0.2, 0) is 10.0 Å². The normalized spacial score (nSPS) is 13.0. The van der Waals surface area contributed by atoms with Gasteiger partial charge in [0.15, 0.2) is 0 Å². The van der Waals surface area contributed by atoms with Crippen molar-refractivity contribution in [3.8, 4) is 0 Å². The molecule has 0 aliphatic carbocycles. The molecule has 0 atom stereocenters. The second-order valence-corrected chi connectivity index (χ2v) is 5.19. The molecule has 0 saturated carbocycles. The number of oxime groups is 1. The molecule has 0 fully saturated rings. The van der Waals surface area contributed by atoms with Crippen molar-refractivity contribution in [3.63, 3.8) is 0 Å². The molecule has 0 aromatic heterocycles. The van der Waals surface area contributed by atoms with Crippen LogP contribution in [0, 0.1) is 0 Å². The number of hydrogen-bond acceptors (Lipinski definition) is 4. The van der Waals surface area contributed by atoms with E-state index in [0.717, 1.165) is 6.42 Å². The summed E-state index contributed by atoms with van der Waals surface area (Å²) < 4.78 is 25.0. The molecule has 0 aromatic rings. The van der Waals surface area contributed by atoms with Crippen LogP contribution in [0.3, 0.4) is 0 Å². The summed E-state index contributed by atoms with van der Waals surface area (Å²) in [6.07, 6.45) is 2.43. The molecular formula is C8H19N3O3S. The van der Waals surface area contributed by atoms with Gasteiger partial charge in [-0.05, 0) is 12.8 Å². The number of nitrogens with zero attached hydrogens (tertiary/aromatic N) is 1. The maximum Gasteiger partial charge on any atom is 0.211 e. The van der Waals surface area contributed by atoms with Crippen LogP contribution in [0.5, 0.6) is 0 Å². The van der Waals surface area contributed by atoms with Gasteiger partial charge in [-0.3, -0.25) is 0 Å². The third-order valence-electron chi connectivity index (χ3n) is 1.83. The predicted octanol–water partition coefficient (Wildman–Crippen LogP) is 0.233. The predicted molar refractivity (Wildman–Crippen MR) is 59.3 cm³/mol. The zero-order valence-electron chi connectivity index (χ0n) is 8.94. The molecule has 0 amide bonds. The van der Waals surface area contributed by atoms with Crippen LogP contribution >= 0.6 is 0 Å². The van der Waals surface area contributed by atoms with E-state index in [9.17, 15) is 8.42 Å². The molecule has 0 spiro atoms. The maximum absolute atomic E-state index is 11.3. The highest BCUT2D eigenvalue weighted by Crippen LogP contribution is 1.94. The fourth-order valence-corrected chi connectivity index (χ4v) is 2.22. The molecule has 0 aromatic carbocycles. The average molecular weight is 237 g/mol. The fraction of sp³-hybridized carbons (Fsp3) is 0.875. The molecule has 0 radical (unpaired) electrons. The van der Waals surface area contributed by atoms with E-state index in [1.54, 1.807) is 0 Å². The molecule has 0 saturated heterocycles. The molecule has 90 valence electrons. The van der Waals surface area contributed by atoms with Crippen molar-refractivity contribution < 1.29 is 13.6 Å². The number of nitrogens with two attached hydrogens (primary N) is 1. The van der Waals surface area contributed by atoms with Gasteiger partial charge >= 0.3 is 0 Å². The van der Waals surface area contributed by atoms with E-state index in [1.807, 2.05) is 6.92 Å². The van der Waals surface area contributed by atoms with Crippen molar-refractivity contribution in [3.05, 3.63) is 0 Å². The van der Waals surface area contributed by atoms with Gasteiger partial charge in [-0.2, -0.15) is 0 Å². The molecule has 0 unspecified atom stereocenters. The largest absolute Gasteiger partial charge is 0.409 e. The summed E-state index contributed by atoms with van der Waals surface area (Å²) in [5, 5.41) is 11.0. The Morgan fingerprint density at radius 2 is 2.13 bits per heavy atom. The molecule has 0 bridgehead atoms. The first-order valence-corrected chi connectivity index (χ1v) is 6.60. The lowest BCUT2D eigenvalue weighted by atomic mass is 10.3. The summed E-state index contributed by atoms with van der Waals surface area (Å²) in [7, 11) is -3.14. The van der Waals surface area contributed by atoms with Crippen molar-refractivity contribution in [2.45, 2.75) is 32.6 Å². The highest BCUT2D eigenvalue weighted by atomic mass is 32.2. The molecule has 0 aliphatic heterocycles. The molecule has 0 rings (SSSR count). The van der Waals surface area contributed by atoms with E-state index in [2.05, 4.69) is 9.88 Å². The summed E-state index contributed by atoms with van der Waals surface area (Å²) in [6.45, 7) is 2.26. The van der Waals surface area contributed by atoms with Crippen molar-refractivity contribution in [1.29, 1.82) is 0 Å². The second-order valence-electron chi connectivity index (χ2n) is 3.26. The lowest BCUT2D eigenvalue weighted by molar-refractivity contribution is 0.316. The van der Waals surface area contributed by atoms with Gasteiger partial charge in [-0.15, -0.1) is 0 Å². The van der Waals surface area contributed by atoms with Crippen molar-refractivity contribution in [2.24, 2.45) is 10.9 Å². The fourth-order valence-electron chi connectivity index (χ4n) is 0.954. The molecule has 4 N–H and O–H groups in total. The highest BCUT2D eigenvalue weighted by molar-refractivity contribution is 7.89. The molecule has 15 heavy (non-hydrogen) atoms. The lowest BCUT2D eigenvalue weighted by Crippen LogP contribution is -2.28. The van der Waals surface area contributed by atoms with Gasteiger partial charge in [0, 0.05) is 13.0 Å². The Kier molecular flexibility index (Phi) is 7.06. The Labute approximate surface area is 90.6 Å². The minimum Gasteiger partial charge on any atom is -0.409 e. The summed E-state index contributed by atoms with van der Waals surface area (Å²) in [6, 6.07) is 0. The second kappa shape index (κ2) is 7.47. The standard InChI is InChI=1S/C8H19N3O3S/c1-2-3-7-15(13,14)10-6-4-5-8(9)11-12/h10,12H,2-7H2,1H3,(H2,9,11). The average Bonchev–Trinajstić information content (AvgIpc) is 2.21. The molecule has 6 nitrogen and oxygen atoms in total. The third-order valence-corrected chi connectivity index (χ3v) is 3.30. The van der Waals surface area contributed by atoms with Gasteiger partial charge in [-0.1, -0.05) is 18.5 Å². The first kappa shape index (κ1) is 14.2. The molecule has 0 heterocycles. The van der Waals surface area contributed by atoms with E-state index in [1.165, 1.54) is 0 Å². The lowest BCUT2D eigenvalue weighted by Gasteiger charge is -2.05. The van der Waals surface area contributed by atoms with Crippen LogP contribution < -0.4 is 10.5 Å². The van der Waals surface area contributed by atoms with E-state index in [0.29, 0.717) is 25.8 Å². The Bertz CT molecular complexity index is 288. The zero-order chi connectivity index (χ0) is 11.7. The number of amidine groups is 1. The van der Waals surface area contributed by atoms with Gasteiger partial charge in [0.05, 0.1) is 5.75 Å². The van der Waals surface area contributed by atoms with E-state index < -0.39 is 10.0 Å². The van der Waals surface area contributed by atoms with Crippen LogP contribution in [0.2, 0.25) is 0 Å². The highest BCUT2D eigenvalue weighted by Gasteiger charge is 2.07. The number of rotatable bonds is 8. The topological polar surface area (TPSA) is 105 Å². The zero-order valence-corrected chi connectivity index (χ0v) is 9.76. The Balaban J connectivity index is 3.67.